The summed E-state index contributed by atoms with van der Waals surface area (Å²) in [4.78, 5) is -0.839. The highest BCUT2D eigenvalue weighted by atomic mass is 32.2. The molecular formula is C11H11F2N3O3S. The number of benzene rings is 1. The quantitative estimate of drug-likeness (QED) is 0.801. The summed E-state index contributed by atoms with van der Waals surface area (Å²) in [6, 6.07) is 3.33. The van der Waals surface area contributed by atoms with E-state index in [1.807, 2.05) is 0 Å². The zero-order valence-electron chi connectivity index (χ0n) is 10.2. The summed E-state index contributed by atoms with van der Waals surface area (Å²) in [5, 5.41) is 8.74. The van der Waals surface area contributed by atoms with E-state index in [4.69, 9.17) is 15.7 Å². The van der Waals surface area contributed by atoms with Gasteiger partial charge in [0.25, 0.3) is 0 Å². The normalized spacial score (nSPS) is 20.6. The van der Waals surface area contributed by atoms with Crippen LogP contribution in [0.15, 0.2) is 17.0 Å². The zero-order chi connectivity index (χ0) is 14.9. The molecule has 6 nitrogen and oxygen atoms in total. The van der Waals surface area contributed by atoms with Gasteiger partial charge in [-0.25, -0.2) is 17.2 Å². The maximum atomic E-state index is 13.7. The van der Waals surface area contributed by atoms with Crippen LogP contribution in [0.5, 0.6) is 0 Å². The van der Waals surface area contributed by atoms with Gasteiger partial charge in [0.15, 0.2) is 17.7 Å². The number of anilines is 1. The Morgan fingerprint density at radius 1 is 1.45 bits per heavy atom. The first-order chi connectivity index (χ1) is 9.36. The molecule has 2 rings (SSSR count). The Balaban J connectivity index is 2.43. The van der Waals surface area contributed by atoms with E-state index in [-0.39, 0.29) is 25.4 Å². The van der Waals surface area contributed by atoms with Crippen molar-refractivity contribution in [1.29, 1.82) is 5.26 Å². The van der Waals surface area contributed by atoms with Crippen LogP contribution in [0, 0.1) is 23.0 Å². The van der Waals surface area contributed by atoms with Crippen molar-refractivity contribution in [3.05, 3.63) is 23.8 Å². The number of halogens is 2. The minimum Gasteiger partial charge on any atom is -0.399 e. The Labute approximate surface area is 114 Å². The van der Waals surface area contributed by atoms with Gasteiger partial charge in [-0.3, -0.25) is 0 Å². The Morgan fingerprint density at radius 3 is 2.80 bits per heavy atom. The van der Waals surface area contributed by atoms with Gasteiger partial charge in [-0.15, -0.1) is 0 Å². The topological polar surface area (TPSA) is 96.4 Å². The lowest BCUT2D eigenvalue weighted by Gasteiger charge is -2.29. The highest BCUT2D eigenvalue weighted by Crippen LogP contribution is 2.25. The molecular weight excluding hydrogens is 292 g/mol. The van der Waals surface area contributed by atoms with Crippen LogP contribution in [0.2, 0.25) is 0 Å². The lowest BCUT2D eigenvalue weighted by Crippen LogP contribution is -2.45. The fourth-order valence-electron chi connectivity index (χ4n) is 1.83. The molecule has 1 aliphatic heterocycles. The van der Waals surface area contributed by atoms with Gasteiger partial charge in [0.05, 0.1) is 19.2 Å². The number of hydrogen-bond acceptors (Lipinski definition) is 5. The molecule has 0 aromatic heterocycles. The van der Waals surface area contributed by atoms with Crippen molar-refractivity contribution in [2.24, 2.45) is 0 Å². The second kappa shape index (κ2) is 5.32. The summed E-state index contributed by atoms with van der Waals surface area (Å²) >= 11 is 0. The fourth-order valence-corrected chi connectivity index (χ4v) is 3.37. The zero-order valence-corrected chi connectivity index (χ0v) is 11.0. The third-order valence-corrected chi connectivity index (χ3v) is 4.67. The van der Waals surface area contributed by atoms with Gasteiger partial charge in [-0.05, 0) is 12.1 Å². The predicted molar refractivity (Wildman–Crippen MR) is 64.9 cm³/mol. The summed E-state index contributed by atoms with van der Waals surface area (Å²) in [6.45, 7) is -0.283. The standard InChI is InChI=1S/C11H11F2N3O3S/c12-9-3-7(15)4-10(11(9)13)20(17,18)16-1-2-19-8(5-14)6-16/h3-4,8H,1-2,6,15H2. The van der Waals surface area contributed by atoms with Crippen molar-refractivity contribution in [3.63, 3.8) is 0 Å². The average Bonchev–Trinajstić information content (AvgIpc) is 2.42. The molecule has 1 saturated heterocycles. The first-order valence-corrected chi connectivity index (χ1v) is 7.06. The molecule has 1 atom stereocenters. The molecule has 0 amide bonds. The van der Waals surface area contributed by atoms with Gasteiger partial charge in [-0.2, -0.15) is 9.57 Å². The number of sulfonamides is 1. The van der Waals surface area contributed by atoms with Crippen molar-refractivity contribution in [3.8, 4) is 6.07 Å². The number of hydrogen-bond donors (Lipinski definition) is 1. The molecule has 108 valence electrons. The van der Waals surface area contributed by atoms with Crippen LogP contribution in [-0.2, 0) is 14.8 Å². The second-order valence-electron chi connectivity index (χ2n) is 4.17. The van der Waals surface area contributed by atoms with E-state index >= 15 is 0 Å². The Bertz CT molecular complexity index is 672. The summed E-state index contributed by atoms with van der Waals surface area (Å²) in [7, 11) is -4.27. The highest BCUT2D eigenvalue weighted by Gasteiger charge is 2.33. The fraction of sp³-hybridized carbons (Fsp3) is 0.364. The average molecular weight is 303 g/mol. The van der Waals surface area contributed by atoms with Gasteiger partial charge >= 0.3 is 0 Å². The van der Waals surface area contributed by atoms with E-state index in [2.05, 4.69) is 0 Å². The van der Waals surface area contributed by atoms with Crippen molar-refractivity contribution in [2.75, 3.05) is 25.4 Å². The van der Waals surface area contributed by atoms with Gasteiger partial charge < -0.3 is 10.5 Å². The molecule has 0 spiro atoms. The molecule has 0 saturated carbocycles. The van der Waals surface area contributed by atoms with E-state index in [1.165, 1.54) is 0 Å². The number of morpholine rings is 1. The van der Waals surface area contributed by atoms with Crippen LogP contribution in [-0.4, -0.2) is 38.5 Å². The lowest BCUT2D eigenvalue weighted by molar-refractivity contribution is 0.0310. The number of nitriles is 1. The van der Waals surface area contributed by atoms with E-state index in [0.717, 1.165) is 10.4 Å². The van der Waals surface area contributed by atoms with Gasteiger partial charge in [-0.1, -0.05) is 0 Å². The van der Waals surface area contributed by atoms with E-state index in [9.17, 15) is 17.2 Å². The van der Waals surface area contributed by atoms with Crippen molar-refractivity contribution in [1.82, 2.24) is 4.31 Å². The summed E-state index contributed by atoms with van der Waals surface area (Å²) in [6.07, 6.45) is -0.938. The largest absolute Gasteiger partial charge is 0.399 e. The number of nitrogens with zero attached hydrogens (tertiary/aromatic N) is 2. The van der Waals surface area contributed by atoms with Crippen LogP contribution >= 0.6 is 0 Å². The smallest absolute Gasteiger partial charge is 0.246 e. The minimum atomic E-state index is -4.27. The van der Waals surface area contributed by atoms with Gasteiger partial charge in [0.2, 0.25) is 10.0 Å². The first-order valence-electron chi connectivity index (χ1n) is 5.62. The minimum absolute atomic E-state index is 0.00384. The third kappa shape index (κ3) is 2.58. The number of rotatable bonds is 2. The van der Waals surface area contributed by atoms with E-state index in [0.29, 0.717) is 6.07 Å². The maximum Gasteiger partial charge on any atom is 0.246 e. The highest BCUT2D eigenvalue weighted by molar-refractivity contribution is 7.89. The van der Waals surface area contributed by atoms with Crippen molar-refractivity contribution in [2.45, 2.75) is 11.0 Å². The molecule has 0 bridgehead atoms. The second-order valence-corrected chi connectivity index (χ2v) is 6.07. The number of nitrogen functional groups attached to an aromatic ring is 1. The monoisotopic (exact) mass is 303 g/mol. The maximum absolute atomic E-state index is 13.7. The summed E-state index contributed by atoms with van der Waals surface area (Å²) in [5.41, 5.74) is 5.14. The molecule has 9 heteroatoms. The predicted octanol–water partition coefficient (Wildman–Crippen LogP) is 0.460. The Hall–Kier alpha value is -1.76. The van der Waals surface area contributed by atoms with Crippen molar-refractivity contribution < 1.29 is 21.9 Å². The summed E-state index contributed by atoms with van der Waals surface area (Å²) in [5.74, 6) is -2.83. The van der Waals surface area contributed by atoms with E-state index < -0.39 is 32.7 Å². The molecule has 0 aliphatic carbocycles. The molecule has 1 heterocycles. The van der Waals surface area contributed by atoms with Gasteiger partial charge in [0, 0.05) is 12.2 Å². The van der Waals surface area contributed by atoms with Crippen LogP contribution in [0.3, 0.4) is 0 Å². The third-order valence-electron chi connectivity index (χ3n) is 2.81. The van der Waals surface area contributed by atoms with Gasteiger partial charge in [0.1, 0.15) is 4.90 Å². The van der Waals surface area contributed by atoms with Crippen LogP contribution in [0.1, 0.15) is 0 Å². The molecule has 1 unspecified atom stereocenters. The Kier molecular flexibility index (Phi) is 3.89. The van der Waals surface area contributed by atoms with E-state index in [1.54, 1.807) is 6.07 Å². The number of nitrogens with two attached hydrogens (primary N) is 1. The summed E-state index contributed by atoms with van der Waals surface area (Å²) < 4.78 is 57.4. The first kappa shape index (κ1) is 14.6. The molecule has 1 aromatic rings. The van der Waals surface area contributed by atoms with Crippen LogP contribution in [0.25, 0.3) is 0 Å². The molecule has 1 fully saturated rings. The SMILES string of the molecule is N#CC1CN(S(=O)(=O)c2cc(N)cc(F)c2F)CCO1. The molecule has 2 N–H and O–H groups in total. The number of ether oxygens (including phenoxy) is 1. The molecule has 20 heavy (non-hydrogen) atoms. The van der Waals surface area contributed by atoms with Crippen molar-refractivity contribution >= 4 is 15.7 Å². The Morgan fingerprint density at radius 2 is 2.15 bits per heavy atom. The molecule has 0 radical (unpaired) electrons. The molecule has 1 aliphatic rings. The van der Waals surface area contributed by atoms with Crippen LogP contribution in [0.4, 0.5) is 14.5 Å². The van der Waals surface area contributed by atoms with Crippen LogP contribution < -0.4 is 5.73 Å². The lowest BCUT2D eigenvalue weighted by atomic mass is 10.3. The molecule has 1 aromatic carbocycles.